The number of amides is 1. The van der Waals surface area contributed by atoms with Crippen LogP contribution < -0.4 is 11.1 Å². The highest BCUT2D eigenvalue weighted by Crippen LogP contribution is 2.41. The fraction of sp³-hybridized carbons (Fsp3) is 0.682. The van der Waals surface area contributed by atoms with Crippen molar-refractivity contribution in [2.45, 2.75) is 51.2 Å². The van der Waals surface area contributed by atoms with Gasteiger partial charge in [0.2, 0.25) is 5.91 Å². The van der Waals surface area contributed by atoms with Crippen molar-refractivity contribution < 1.29 is 9.53 Å². The molecular weight excluding hydrogens is 338 g/mol. The molecule has 5 heteroatoms. The summed E-state index contributed by atoms with van der Waals surface area (Å²) in [7, 11) is 0. The standard InChI is InChI=1S/C22H33N3O2/c23-21-18-5-2-6-19(21)13-20(12-18)22(26)24-14-16-3-1-4-17(11-16)15-25-7-9-27-10-8-25/h1,3-4,11,18-21H,2,5-10,12-15,23H2,(H,24,26). The third kappa shape index (κ3) is 4.71. The highest BCUT2D eigenvalue weighted by atomic mass is 16.5. The lowest BCUT2D eigenvalue weighted by Crippen LogP contribution is -2.49. The van der Waals surface area contributed by atoms with Gasteiger partial charge in [-0.1, -0.05) is 30.7 Å². The third-order valence-electron chi connectivity index (χ3n) is 6.75. The van der Waals surface area contributed by atoms with Gasteiger partial charge in [-0.3, -0.25) is 9.69 Å². The molecule has 0 spiro atoms. The zero-order chi connectivity index (χ0) is 18.6. The van der Waals surface area contributed by atoms with E-state index in [2.05, 4.69) is 34.5 Å². The number of nitrogens with zero attached hydrogens (tertiary/aromatic N) is 1. The van der Waals surface area contributed by atoms with Crippen molar-refractivity contribution in [3.63, 3.8) is 0 Å². The van der Waals surface area contributed by atoms with Gasteiger partial charge in [-0.15, -0.1) is 0 Å². The first kappa shape index (κ1) is 18.9. The lowest BCUT2D eigenvalue weighted by atomic mass is 9.65. The summed E-state index contributed by atoms with van der Waals surface area (Å²) < 4.78 is 5.42. The van der Waals surface area contributed by atoms with Crippen molar-refractivity contribution in [1.82, 2.24) is 10.2 Å². The Bertz CT molecular complexity index is 630. The van der Waals surface area contributed by atoms with Gasteiger partial charge < -0.3 is 15.8 Å². The van der Waals surface area contributed by atoms with Crippen LogP contribution in [0.1, 0.15) is 43.2 Å². The van der Waals surface area contributed by atoms with Crippen LogP contribution in [0.4, 0.5) is 0 Å². The number of nitrogens with one attached hydrogen (secondary N) is 1. The number of rotatable bonds is 5. The predicted octanol–water partition coefficient (Wildman–Crippen LogP) is 2.29. The van der Waals surface area contributed by atoms with E-state index >= 15 is 0 Å². The number of morpholine rings is 1. The van der Waals surface area contributed by atoms with E-state index in [0.717, 1.165) is 45.7 Å². The topological polar surface area (TPSA) is 67.6 Å². The van der Waals surface area contributed by atoms with Crippen molar-refractivity contribution in [3.05, 3.63) is 35.4 Å². The second-order valence-electron chi connectivity index (χ2n) is 8.62. The largest absolute Gasteiger partial charge is 0.379 e. The molecule has 1 aliphatic heterocycles. The first-order valence-corrected chi connectivity index (χ1v) is 10.6. The summed E-state index contributed by atoms with van der Waals surface area (Å²) in [5.74, 6) is 1.46. The number of ether oxygens (including phenoxy) is 1. The van der Waals surface area contributed by atoms with Gasteiger partial charge in [0.05, 0.1) is 13.2 Å². The SMILES string of the molecule is NC1C2CCCC1CC(C(=O)NCc1cccc(CN3CCOCC3)c1)C2. The first-order chi connectivity index (χ1) is 13.2. The van der Waals surface area contributed by atoms with Crippen LogP contribution in [0.15, 0.2) is 24.3 Å². The Balaban J connectivity index is 1.29. The highest BCUT2D eigenvalue weighted by Gasteiger charge is 2.40. The van der Waals surface area contributed by atoms with Gasteiger partial charge in [0.15, 0.2) is 0 Å². The Hall–Kier alpha value is -1.43. The molecule has 3 aliphatic rings. The van der Waals surface area contributed by atoms with E-state index in [1.807, 2.05) is 0 Å². The van der Waals surface area contributed by atoms with Crippen LogP contribution in [-0.2, 0) is 22.6 Å². The molecule has 0 aromatic heterocycles. The van der Waals surface area contributed by atoms with Crippen LogP contribution in [-0.4, -0.2) is 43.2 Å². The molecule has 1 aromatic carbocycles. The Morgan fingerprint density at radius 2 is 1.85 bits per heavy atom. The normalized spacial score (nSPS) is 31.4. The maximum Gasteiger partial charge on any atom is 0.223 e. The second kappa shape index (κ2) is 8.72. The summed E-state index contributed by atoms with van der Waals surface area (Å²) in [4.78, 5) is 15.2. The summed E-state index contributed by atoms with van der Waals surface area (Å²) >= 11 is 0. The quantitative estimate of drug-likeness (QED) is 0.833. The first-order valence-electron chi connectivity index (χ1n) is 10.6. The van der Waals surface area contributed by atoms with Gasteiger partial charge in [0, 0.05) is 38.1 Å². The molecule has 1 heterocycles. The minimum atomic E-state index is 0.150. The van der Waals surface area contributed by atoms with Crippen molar-refractivity contribution in [3.8, 4) is 0 Å². The number of carbonyl (C=O) groups is 1. The van der Waals surface area contributed by atoms with Crippen molar-refractivity contribution in [2.75, 3.05) is 26.3 Å². The maximum atomic E-state index is 12.7. The molecule has 3 N–H and O–H groups in total. The summed E-state index contributed by atoms with van der Waals surface area (Å²) in [6.45, 7) is 5.20. The molecule has 3 fully saturated rings. The van der Waals surface area contributed by atoms with Gasteiger partial charge >= 0.3 is 0 Å². The smallest absolute Gasteiger partial charge is 0.223 e. The van der Waals surface area contributed by atoms with E-state index in [0.29, 0.717) is 24.4 Å². The van der Waals surface area contributed by atoms with Gasteiger partial charge in [0.25, 0.3) is 0 Å². The molecule has 27 heavy (non-hydrogen) atoms. The fourth-order valence-corrected chi connectivity index (χ4v) is 5.19. The Kier molecular flexibility index (Phi) is 6.11. The van der Waals surface area contributed by atoms with E-state index in [1.54, 1.807) is 0 Å². The molecule has 2 bridgehead atoms. The number of benzene rings is 1. The third-order valence-corrected chi connectivity index (χ3v) is 6.75. The molecule has 2 aliphatic carbocycles. The highest BCUT2D eigenvalue weighted by molar-refractivity contribution is 5.78. The summed E-state index contributed by atoms with van der Waals surface area (Å²) in [5.41, 5.74) is 8.85. The van der Waals surface area contributed by atoms with Gasteiger partial charge in [-0.2, -0.15) is 0 Å². The number of fused-ring (bicyclic) bond motifs is 2. The number of hydrogen-bond acceptors (Lipinski definition) is 4. The van der Waals surface area contributed by atoms with Crippen LogP contribution in [0.2, 0.25) is 0 Å². The summed E-state index contributed by atoms with van der Waals surface area (Å²) in [6, 6.07) is 8.92. The second-order valence-corrected chi connectivity index (χ2v) is 8.62. The van der Waals surface area contributed by atoms with Crippen LogP contribution in [0.5, 0.6) is 0 Å². The van der Waals surface area contributed by atoms with Crippen molar-refractivity contribution in [1.29, 1.82) is 0 Å². The molecule has 0 radical (unpaired) electrons. The van der Waals surface area contributed by atoms with Crippen LogP contribution in [0.25, 0.3) is 0 Å². The lowest BCUT2D eigenvalue weighted by molar-refractivity contribution is -0.128. The Labute approximate surface area is 162 Å². The predicted molar refractivity (Wildman–Crippen MR) is 106 cm³/mol. The zero-order valence-electron chi connectivity index (χ0n) is 16.2. The molecule has 2 unspecified atom stereocenters. The summed E-state index contributed by atoms with van der Waals surface area (Å²) in [6.07, 6.45) is 5.63. The molecule has 1 amide bonds. The molecule has 4 rings (SSSR count). The Morgan fingerprint density at radius 3 is 2.59 bits per heavy atom. The molecular formula is C22H33N3O2. The average molecular weight is 372 g/mol. The number of nitrogens with two attached hydrogens (primary N) is 1. The molecule has 1 saturated heterocycles. The minimum absolute atomic E-state index is 0.150. The molecule has 1 aromatic rings. The molecule has 2 saturated carbocycles. The van der Waals surface area contributed by atoms with Crippen molar-refractivity contribution in [2.24, 2.45) is 23.5 Å². The van der Waals surface area contributed by atoms with Gasteiger partial charge in [-0.05, 0) is 48.6 Å². The zero-order valence-corrected chi connectivity index (χ0v) is 16.2. The van der Waals surface area contributed by atoms with Crippen LogP contribution in [0.3, 0.4) is 0 Å². The van der Waals surface area contributed by atoms with Gasteiger partial charge in [0.1, 0.15) is 0 Å². The maximum absolute atomic E-state index is 12.7. The van der Waals surface area contributed by atoms with Crippen LogP contribution in [0, 0.1) is 17.8 Å². The van der Waals surface area contributed by atoms with E-state index in [-0.39, 0.29) is 11.8 Å². The molecule has 2 atom stereocenters. The molecule has 148 valence electrons. The van der Waals surface area contributed by atoms with Gasteiger partial charge in [-0.25, -0.2) is 0 Å². The summed E-state index contributed by atoms with van der Waals surface area (Å²) in [5, 5.41) is 3.19. The minimum Gasteiger partial charge on any atom is -0.379 e. The fourth-order valence-electron chi connectivity index (χ4n) is 5.19. The number of hydrogen-bond donors (Lipinski definition) is 2. The monoisotopic (exact) mass is 371 g/mol. The van der Waals surface area contributed by atoms with Crippen molar-refractivity contribution >= 4 is 5.91 Å². The average Bonchev–Trinajstić information content (AvgIpc) is 2.67. The molecule has 5 nitrogen and oxygen atoms in total. The van der Waals surface area contributed by atoms with E-state index in [4.69, 9.17) is 10.5 Å². The lowest BCUT2D eigenvalue weighted by Gasteiger charge is -2.43. The van der Waals surface area contributed by atoms with Crippen LogP contribution >= 0.6 is 0 Å². The Morgan fingerprint density at radius 1 is 1.15 bits per heavy atom. The number of carbonyl (C=O) groups excluding carboxylic acids is 1. The van der Waals surface area contributed by atoms with E-state index in [1.165, 1.54) is 30.4 Å². The van der Waals surface area contributed by atoms with E-state index < -0.39 is 0 Å². The van der Waals surface area contributed by atoms with E-state index in [9.17, 15) is 4.79 Å².